The molecule has 30 heavy (non-hydrogen) atoms. The van der Waals surface area contributed by atoms with Crippen LogP contribution >= 0.6 is 0 Å². The molecule has 166 valence electrons. The van der Waals surface area contributed by atoms with E-state index in [0.29, 0.717) is 31.8 Å². The minimum atomic E-state index is -0.246. The highest BCUT2D eigenvalue weighted by Gasteiger charge is 2.23. The summed E-state index contributed by atoms with van der Waals surface area (Å²) >= 11 is 0. The van der Waals surface area contributed by atoms with Crippen molar-refractivity contribution in [3.05, 3.63) is 29.8 Å². The maximum atomic E-state index is 11.6. The van der Waals surface area contributed by atoms with Crippen LogP contribution in [0.4, 0.5) is 4.79 Å². The molecule has 0 atom stereocenters. The Morgan fingerprint density at radius 2 is 1.93 bits per heavy atom. The summed E-state index contributed by atoms with van der Waals surface area (Å²) in [5.41, 5.74) is 1.14. The lowest BCUT2D eigenvalue weighted by molar-refractivity contribution is 0.111. The highest BCUT2D eigenvalue weighted by atomic mass is 16.5. The number of methoxy groups -OCH3 is 1. The van der Waals surface area contributed by atoms with E-state index < -0.39 is 0 Å². The van der Waals surface area contributed by atoms with E-state index in [1.807, 2.05) is 12.1 Å². The first-order valence-corrected chi connectivity index (χ1v) is 11.3. The van der Waals surface area contributed by atoms with Gasteiger partial charge in [-0.3, -0.25) is 0 Å². The Labute approximate surface area is 180 Å². The number of hydrogen-bond acceptors (Lipinski definition) is 4. The van der Waals surface area contributed by atoms with Crippen LogP contribution in [0.15, 0.2) is 29.3 Å². The number of carbonyl (C=O) groups is 1. The van der Waals surface area contributed by atoms with Crippen molar-refractivity contribution in [1.82, 2.24) is 15.5 Å². The van der Waals surface area contributed by atoms with Crippen LogP contribution in [-0.4, -0.2) is 55.8 Å². The molecule has 1 amide bonds. The van der Waals surface area contributed by atoms with E-state index in [4.69, 9.17) is 14.5 Å². The van der Waals surface area contributed by atoms with E-state index in [0.717, 1.165) is 49.5 Å². The summed E-state index contributed by atoms with van der Waals surface area (Å²) in [5.74, 6) is 1.76. The van der Waals surface area contributed by atoms with E-state index >= 15 is 0 Å². The maximum Gasteiger partial charge on any atom is 0.409 e. The summed E-state index contributed by atoms with van der Waals surface area (Å²) in [6.45, 7) is 4.86. The van der Waals surface area contributed by atoms with Gasteiger partial charge in [-0.25, -0.2) is 9.79 Å². The third kappa shape index (κ3) is 6.82. The van der Waals surface area contributed by atoms with E-state index in [9.17, 15) is 4.79 Å². The van der Waals surface area contributed by atoms with Crippen LogP contribution < -0.4 is 15.4 Å². The number of nitrogens with one attached hydrogen (secondary N) is 2. The first kappa shape index (κ1) is 22.2. The van der Waals surface area contributed by atoms with Gasteiger partial charge in [0.1, 0.15) is 5.75 Å². The number of rotatable bonds is 6. The highest BCUT2D eigenvalue weighted by molar-refractivity contribution is 5.80. The molecule has 1 aromatic rings. The SMILES string of the molecule is CCNC(=NCc1cccc(OC2CCCCC2)c1)NC1CCN(C(=O)OC)CC1. The summed E-state index contributed by atoms with van der Waals surface area (Å²) in [6.07, 6.45) is 8.05. The van der Waals surface area contributed by atoms with Crippen LogP contribution in [-0.2, 0) is 11.3 Å². The Bertz CT molecular complexity index is 695. The molecule has 1 aliphatic carbocycles. The number of likely N-dealkylation sites (tertiary alicyclic amines) is 1. The van der Waals surface area contributed by atoms with Crippen LogP contribution in [0.1, 0.15) is 57.4 Å². The van der Waals surface area contributed by atoms with Crippen molar-refractivity contribution < 1.29 is 14.3 Å². The average Bonchev–Trinajstić information content (AvgIpc) is 2.78. The van der Waals surface area contributed by atoms with Crippen LogP contribution in [0.25, 0.3) is 0 Å². The van der Waals surface area contributed by atoms with Gasteiger partial charge in [0.25, 0.3) is 0 Å². The molecule has 0 aromatic heterocycles. The summed E-state index contributed by atoms with van der Waals surface area (Å²) in [7, 11) is 1.43. The predicted octanol–water partition coefficient (Wildman–Crippen LogP) is 3.68. The van der Waals surface area contributed by atoms with Crippen molar-refractivity contribution in [2.45, 2.75) is 70.6 Å². The van der Waals surface area contributed by atoms with Gasteiger partial charge in [-0.15, -0.1) is 0 Å². The Morgan fingerprint density at radius 3 is 2.63 bits per heavy atom. The lowest BCUT2D eigenvalue weighted by atomic mass is 9.98. The quantitative estimate of drug-likeness (QED) is 0.547. The van der Waals surface area contributed by atoms with Gasteiger partial charge >= 0.3 is 6.09 Å². The summed E-state index contributed by atoms with van der Waals surface area (Å²) in [4.78, 5) is 18.2. The van der Waals surface area contributed by atoms with Gasteiger partial charge < -0.3 is 25.0 Å². The molecule has 0 unspecified atom stereocenters. The van der Waals surface area contributed by atoms with E-state index in [1.165, 1.54) is 26.4 Å². The van der Waals surface area contributed by atoms with Crippen molar-refractivity contribution in [2.24, 2.45) is 4.99 Å². The van der Waals surface area contributed by atoms with Crippen LogP contribution in [0.5, 0.6) is 5.75 Å². The van der Waals surface area contributed by atoms with Crippen molar-refractivity contribution in [3.8, 4) is 5.75 Å². The lowest BCUT2D eigenvalue weighted by Crippen LogP contribution is -2.49. The Hall–Kier alpha value is -2.44. The fourth-order valence-electron chi connectivity index (χ4n) is 4.11. The second-order valence-corrected chi connectivity index (χ2v) is 8.10. The first-order chi connectivity index (χ1) is 14.7. The molecule has 0 bridgehead atoms. The molecule has 0 spiro atoms. The molecule has 1 saturated heterocycles. The first-order valence-electron chi connectivity index (χ1n) is 11.3. The van der Waals surface area contributed by atoms with E-state index in [1.54, 1.807) is 4.90 Å². The van der Waals surface area contributed by atoms with Crippen LogP contribution in [0.3, 0.4) is 0 Å². The topological polar surface area (TPSA) is 75.2 Å². The molecule has 2 fully saturated rings. The van der Waals surface area contributed by atoms with Gasteiger partial charge in [-0.05, 0) is 63.1 Å². The highest BCUT2D eigenvalue weighted by Crippen LogP contribution is 2.24. The molecular formula is C23H36N4O3. The molecule has 1 aromatic carbocycles. The van der Waals surface area contributed by atoms with E-state index in [2.05, 4.69) is 29.7 Å². The molecule has 2 aliphatic rings. The summed E-state index contributed by atoms with van der Waals surface area (Å²) in [5, 5.41) is 6.84. The number of benzene rings is 1. The van der Waals surface area contributed by atoms with Crippen molar-refractivity contribution >= 4 is 12.1 Å². The molecule has 1 heterocycles. The minimum Gasteiger partial charge on any atom is -0.490 e. The number of carbonyl (C=O) groups excluding carboxylic acids is 1. The zero-order chi connectivity index (χ0) is 21.2. The Morgan fingerprint density at radius 1 is 1.17 bits per heavy atom. The Balaban J connectivity index is 1.53. The lowest BCUT2D eigenvalue weighted by Gasteiger charge is -2.32. The summed E-state index contributed by atoms with van der Waals surface area (Å²) in [6, 6.07) is 8.59. The van der Waals surface area contributed by atoms with Crippen molar-refractivity contribution in [2.75, 3.05) is 26.7 Å². The number of amides is 1. The zero-order valence-corrected chi connectivity index (χ0v) is 18.4. The number of ether oxygens (including phenoxy) is 2. The zero-order valence-electron chi connectivity index (χ0n) is 18.4. The molecule has 1 aliphatic heterocycles. The fraction of sp³-hybridized carbons (Fsp3) is 0.652. The molecule has 2 N–H and O–H groups in total. The van der Waals surface area contributed by atoms with Crippen molar-refractivity contribution in [1.29, 1.82) is 0 Å². The van der Waals surface area contributed by atoms with E-state index in [-0.39, 0.29) is 6.09 Å². The van der Waals surface area contributed by atoms with Gasteiger partial charge in [0.05, 0.1) is 19.8 Å². The van der Waals surface area contributed by atoms with Gasteiger partial charge in [-0.2, -0.15) is 0 Å². The van der Waals surface area contributed by atoms with Crippen LogP contribution in [0, 0.1) is 0 Å². The second-order valence-electron chi connectivity index (χ2n) is 8.10. The van der Waals surface area contributed by atoms with Crippen molar-refractivity contribution in [3.63, 3.8) is 0 Å². The smallest absolute Gasteiger partial charge is 0.409 e. The monoisotopic (exact) mass is 416 g/mol. The van der Waals surface area contributed by atoms with Crippen LogP contribution in [0.2, 0.25) is 0 Å². The maximum absolute atomic E-state index is 11.6. The van der Waals surface area contributed by atoms with Gasteiger partial charge in [0.15, 0.2) is 5.96 Å². The summed E-state index contributed by atoms with van der Waals surface area (Å²) < 4.78 is 11.0. The third-order valence-corrected chi connectivity index (χ3v) is 5.79. The number of aliphatic imine (C=N–C) groups is 1. The largest absolute Gasteiger partial charge is 0.490 e. The normalized spacial score (nSPS) is 18.7. The molecule has 0 radical (unpaired) electrons. The molecule has 1 saturated carbocycles. The third-order valence-electron chi connectivity index (χ3n) is 5.79. The van der Waals surface area contributed by atoms with Gasteiger partial charge in [0.2, 0.25) is 0 Å². The predicted molar refractivity (Wildman–Crippen MR) is 119 cm³/mol. The van der Waals surface area contributed by atoms with Gasteiger partial charge in [0, 0.05) is 25.7 Å². The fourth-order valence-corrected chi connectivity index (χ4v) is 4.11. The average molecular weight is 417 g/mol. The molecule has 7 nitrogen and oxygen atoms in total. The standard InChI is InChI=1S/C23H36N4O3/c1-3-24-22(26-19-12-14-27(15-13-19)23(28)29-2)25-17-18-8-7-11-21(16-18)30-20-9-5-4-6-10-20/h7-8,11,16,19-20H,3-6,9-10,12-15,17H2,1-2H3,(H2,24,25,26). The number of piperidine rings is 1. The molecular weight excluding hydrogens is 380 g/mol. The Kier molecular flexibility index (Phi) is 8.66. The number of hydrogen-bond donors (Lipinski definition) is 2. The van der Waals surface area contributed by atoms with Gasteiger partial charge in [-0.1, -0.05) is 18.6 Å². The molecule has 3 rings (SSSR count). The second kappa shape index (κ2) is 11.7. The number of nitrogens with zero attached hydrogens (tertiary/aromatic N) is 2. The molecule has 7 heteroatoms. The minimum absolute atomic E-state index is 0.246. The number of guanidine groups is 1.